The maximum atomic E-state index is 13.4. The first-order valence-corrected chi connectivity index (χ1v) is 12.0. The summed E-state index contributed by atoms with van der Waals surface area (Å²) < 4.78 is 21.4. The summed E-state index contributed by atoms with van der Waals surface area (Å²) in [4.78, 5) is 5.75. The molecule has 0 spiro atoms. The summed E-state index contributed by atoms with van der Waals surface area (Å²) in [7, 11) is 0. The van der Waals surface area contributed by atoms with E-state index >= 15 is 0 Å². The molecule has 1 fully saturated rings. The van der Waals surface area contributed by atoms with Gasteiger partial charge in [0.25, 0.3) is 0 Å². The molecule has 0 bridgehead atoms. The van der Waals surface area contributed by atoms with Crippen LogP contribution in [0.1, 0.15) is 17.7 Å². The van der Waals surface area contributed by atoms with Crippen molar-refractivity contribution in [1.29, 1.82) is 0 Å². The lowest BCUT2D eigenvalue weighted by atomic mass is 10.2. The first-order valence-electron chi connectivity index (χ1n) is 10.2. The first-order chi connectivity index (χ1) is 15.3. The van der Waals surface area contributed by atoms with Crippen LogP contribution in [0.3, 0.4) is 0 Å². The number of rotatable bonds is 7. The topological polar surface area (TPSA) is 52.8 Å². The highest BCUT2D eigenvalue weighted by molar-refractivity contribution is 7.98. The molecule has 0 unspecified atom stereocenters. The number of thiazole rings is 1. The van der Waals surface area contributed by atoms with E-state index in [0.717, 1.165) is 52.3 Å². The predicted octanol–water partition coefficient (Wildman–Crippen LogP) is 5.68. The Balaban J connectivity index is 1.37. The zero-order chi connectivity index (χ0) is 21.0. The lowest BCUT2D eigenvalue weighted by Crippen LogP contribution is -2.16. The molecule has 3 heterocycles. The van der Waals surface area contributed by atoms with Gasteiger partial charge >= 0.3 is 0 Å². The van der Waals surface area contributed by atoms with Gasteiger partial charge in [0.15, 0.2) is 11.0 Å². The molecular formula is C23H21FN4OS2. The van der Waals surface area contributed by atoms with E-state index in [9.17, 15) is 4.39 Å². The van der Waals surface area contributed by atoms with Gasteiger partial charge in [-0.25, -0.2) is 9.37 Å². The first kappa shape index (κ1) is 20.4. The van der Waals surface area contributed by atoms with Crippen LogP contribution >= 0.6 is 23.1 Å². The van der Waals surface area contributed by atoms with E-state index in [0.29, 0.717) is 6.54 Å². The molecule has 0 N–H and O–H groups in total. The zero-order valence-corrected chi connectivity index (χ0v) is 18.4. The molecule has 1 atom stereocenters. The lowest BCUT2D eigenvalue weighted by Gasteiger charge is -2.14. The molecule has 31 heavy (non-hydrogen) atoms. The molecule has 8 heteroatoms. The number of benzene rings is 2. The van der Waals surface area contributed by atoms with Gasteiger partial charge < -0.3 is 4.74 Å². The summed E-state index contributed by atoms with van der Waals surface area (Å²) in [5.41, 5.74) is 1.98. The predicted molar refractivity (Wildman–Crippen MR) is 122 cm³/mol. The van der Waals surface area contributed by atoms with Crippen LogP contribution in [0.4, 0.5) is 4.39 Å². The van der Waals surface area contributed by atoms with Crippen molar-refractivity contribution < 1.29 is 9.13 Å². The monoisotopic (exact) mass is 452 g/mol. The number of hydrogen-bond acceptors (Lipinski definition) is 6. The summed E-state index contributed by atoms with van der Waals surface area (Å²) in [6, 6.07) is 16.6. The molecule has 2 aromatic heterocycles. The fourth-order valence-electron chi connectivity index (χ4n) is 3.59. The van der Waals surface area contributed by atoms with Crippen molar-refractivity contribution in [2.45, 2.75) is 36.4 Å². The Morgan fingerprint density at radius 1 is 1.06 bits per heavy atom. The van der Waals surface area contributed by atoms with Crippen molar-refractivity contribution in [1.82, 2.24) is 19.7 Å². The largest absolute Gasteiger partial charge is 0.376 e. The Hall–Kier alpha value is -2.55. The Morgan fingerprint density at radius 3 is 2.68 bits per heavy atom. The molecule has 1 aliphatic heterocycles. The fraction of sp³-hybridized carbons (Fsp3) is 0.261. The van der Waals surface area contributed by atoms with Crippen molar-refractivity contribution in [3.05, 3.63) is 71.5 Å². The number of hydrogen-bond donors (Lipinski definition) is 0. The molecule has 0 saturated carbocycles. The van der Waals surface area contributed by atoms with Gasteiger partial charge in [0.05, 0.1) is 12.6 Å². The van der Waals surface area contributed by atoms with Crippen LogP contribution in [0.15, 0.2) is 66.0 Å². The smallest absolute Gasteiger partial charge is 0.191 e. The summed E-state index contributed by atoms with van der Waals surface area (Å²) in [5, 5.41) is 10.7. The summed E-state index contributed by atoms with van der Waals surface area (Å²) in [6.45, 7) is 1.49. The second kappa shape index (κ2) is 9.30. The summed E-state index contributed by atoms with van der Waals surface area (Å²) in [5.74, 6) is 1.24. The van der Waals surface area contributed by atoms with Gasteiger partial charge in [0.1, 0.15) is 10.8 Å². The third-order valence-corrected chi connectivity index (χ3v) is 7.39. The van der Waals surface area contributed by atoms with Gasteiger partial charge in [-0.2, -0.15) is 0 Å². The van der Waals surface area contributed by atoms with Crippen LogP contribution in [0, 0.1) is 5.82 Å². The molecular weight excluding hydrogens is 431 g/mol. The van der Waals surface area contributed by atoms with Crippen LogP contribution < -0.4 is 0 Å². The van der Waals surface area contributed by atoms with E-state index in [-0.39, 0.29) is 11.9 Å². The van der Waals surface area contributed by atoms with Crippen molar-refractivity contribution >= 4 is 23.1 Å². The molecule has 0 radical (unpaired) electrons. The minimum Gasteiger partial charge on any atom is -0.376 e. The molecule has 2 aromatic carbocycles. The molecule has 1 aliphatic rings. The molecule has 0 amide bonds. The van der Waals surface area contributed by atoms with E-state index < -0.39 is 0 Å². The maximum absolute atomic E-state index is 13.4. The van der Waals surface area contributed by atoms with Crippen molar-refractivity contribution in [2.24, 2.45) is 0 Å². The third kappa shape index (κ3) is 4.71. The Morgan fingerprint density at radius 2 is 1.90 bits per heavy atom. The molecule has 4 aromatic rings. The van der Waals surface area contributed by atoms with Gasteiger partial charge in [0, 0.05) is 34.6 Å². The molecule has 0 aliphatic carbocycles. The molecule has 158 valence electrons. The van der Waals surface area contributed by atoms with E-state index in [2.05, 4.69) is 31.9 Å². The van der Waals surface area contributed by atoms with Gasteiger partial charge in [-0.15, -0.1) is 21.5 Å². The highest BCUT2D eigenvalue weighted by Crippen LogP contribution is 2.32. The normalized spacial score (nSPS) is 16.1. The van der Waals surface area contributed by atoms with E-state index in [4.69, 9.17) is 4.74 Å². The second-order valence-electron chi connectivity index (χ2n) is 7.35. The van der Waals surface area contributed by atoms with E-state index in [1.54, 1.807) is 35.2 Å². The standard InChI is InChI=1S/C23H21FN4OS2/c24-18-10-8-16(9-11-18)21-26-27-23(28(21)14-19-7-4-12-29-19)30-15-20-13-25-22(31-20)17-5-2-1-3-6-17/h1-3,5-6,8-11,13,19H,4,7,12,14-15H2/t19-/m1/s1. The Kier molecular flexibility index (Phi) is 6.11. The third-order valence-electron chi connectivity index (χ3n) is 5.15. The number of halogens is 1. The highest BCUT2D eigenvalue weighted by atomic mass is 32.2. The Labute approximate surface area is 188 Å². The van der Waals surface area contributed by atoms with Gasteiger partial charge in [-0.05, 0) is 37.1 Å². The van der Waals surface area contributed by atoms with Crippen LogP contribution in [-0.4, -0.2) is 32.5 Å². The summed E-state index contributed by atoms with van der Waals surface area (Å²) in [6.07, 6.45) is 4.19. The fourth-order valence-corrected chi connectivity index (χ4v) is 5.48. The minimum absolute atomic E-state index is 0.155. The lowest BCUT2D eigenvalue weighted by molar-refractivity contribution is 0.0953. The SMILES string of the molecule is Fc1ccc(-c2nnc(SCc3cnc(-c4ccccc4)s3)n2C[C@H]2CCCO2)cc1. The van der Waals surface area contributed by atoms with E-state index in [1.165, 1.54) is 17.0 Å². The second-order valence-corrected chi connectivity index (χ2v) is 9.40. The van der Waals surface area contributed by atoms with Gasteiger partial charge in [-0.1, -0.05) is 42.1 Å². The zero-order valence-electron chi connectivity index (χ0n) is 16.8. The quantitative estimate of drug-likeness (QED) is 0.338. The van der Waals surface area contributed by atoms with Gasteiger partial charge in [-0.3, -0.25) is 4.57 Å². The van der Waals surface area contributed by atoms with Crippen LogP contribution in [0.2, 0.25) is 0 Å². The van der Waals surface area contributed by atoms with Crippen molar-refractivity contribution in [2.75, 3.05) is 6.61 Å². The minimum atomic E-state index is -0.261. The van der Waals surface area contributed by atoms with Crippen molar-refractivity contribution in [3.63, 3.8) is 0 Å². The number of thioether (sulfide) groups is 1. The molecule has 5 nitrogen and oxygen atoms in total. The molecule has 5 rings (SSSR count). The van der Waals surface area contributed by atoms with Crippen LogP contribution in [0.5, 0.6) is 0 Å². The number of aromatic nitrogens is 4. The van der Waals surface area contributed by atoms with Crippen LogP contribution in [-0.2, 0) is 17.0 Å². The maximum Gasteiger partial charge on any atom is 0.191 e. The number of nitrogens with zero attached hydrogens (tertiary/aromatic N) is 4. The van der Waals surface area contributed by atoms with Crippen molar-refractivity contribution in [3.8, 4) is 22.0 Å². The average molecular weight is 453 g/mol. The average Bonchev–Trinajstić information content (AvgIpc) is 3.56. The highest BCUT2D eigenvalue weighted by Gasteiger charge is 2.22. The summed E-state index contributed by atoms with van der Waals surface area (Å²) >= 11 is 3.33. The Bertz CT molecular complexity index is 1140. The van der Waals surface area contributed by atoms with E-state index in [1.807, 2.05) is 24.4 Å². The molecule has 1 saturated heterocycles. The number of ether oxygens (including phenoxy) is 1. The van der Waals surface area contributed by atoms with Gasteiger partial charge in [0.2, 0.25) is 0 Å². The van der Waals surface area contributed by atoms with Crippen LogP contribution in [0.25, 0.3) is 22.0 Å².